The lowest BCUT2D eigenvalue weighted by Gasteiger charge is -2.25. The van der Waals surface area contributed by atoms with Gasteiger partial charge in [0.1, 0.15) is 11.3 Å². The first-order chi connectivity index (χ1) is 10.6. The highest BCUT2D eigenvalue weighted by Crippen LogP contribution is 2.26. The normalized spacial score (nSPS) is 11.8. The molecule has 0 spiro atoms. The Morgan fingerprint density at radius 2 is 1.91 bits per heavy atom. The zero-order chi connectivity index (χ0) is 17.5. The number of aromatic nitrogens is 1. The number of pyridine rings is 1. The van der Waals surface area contributed by atoms with E-state index >= 15 is 0 Å². The largest absolute Gasteiger partial charge is 0.462 e. The van der Waals surface area contributed by atoms with Crippen LogP contribution in [0.2, 0.25) is 0 Å². The summed E-state index contributed by atoms with van der Waals surface area (Å²) >= 11 is 0. The number of halogens is 3. The van der Waals surface area contributed by atoms with E-state index in [0.717, 1.165) is 10.8 Å². The number of benzene rings is 1. The van der Waals surface area contributed by atoms with Gasteiger partial charge in [-0.1, -0.05) is 0 Å². The highest BCUT2D eigenvalue weighted by Gasteiger charge is 2.27. The van der Waals surface area contributed by atoms with Crippen molar-refractivity contribution < 1.29 is 27.8 Å². The molecule has 0 atom stereocenters. The number of esters is 1. The van der Waals surface area contributed by atoms with E-state index in [1.165, 1.54) is 20.8 Å². The van der Waals surface area contributed by atoms with Crippen molar-refractivity contribution in [3.8, 4) is 0 Å². The maximum absolute atomic E-state index is 14.1. The molecule has 0 fully saturated rings. The quantitative estimate of drug-likeness (QED) is 0.693. The number of rotatable bonds is 3. The Morgan fingerprint density at radius 1 is 1.30 bits per heavy atom. The van der Waals surface area contributed by atoms with Crippen LogP contribution in [0.5, 0.6) is 0 Å². The molecule has 5 nitrogen and oxygen atoms in total. The van der Waals surface area contributed by atoms with Crippen molar-refractivity contribution in [2.24, 2.45) is 0 Å². The highest BCUT2D eigenvalue weighted by atomic mass is 19.2. The molecule has 1 aromatic heterocycles. The van der Waals surface area contributed by atoms with Crippen LogP contribution in [0.3, 0.4) is 0 Å². The van der Waals surface area contributed by atoms with Gasteiger partial charge in [0.25, 0.3) is 0 Å². The molecular weight excluding hydrogens is 315 g/mol. The van der Waals surface area contributed by atoms with Crippen LogP contribution in [0, 0.1) is 17.5 Å². The van der Waals surface area contributed by atoms with Crippen molar-refractivity contribution in [2.75, 3.05) is 6.61 Å². The highest BCUT2D eigenvalue weighted by molar-refractivity contribution is 5.94. The molecule has 1 aromatic carbocycles. The Labute approximate surface area is 128 Å². The SMILES string of the molecule is CCOC(=O)c1cn(C(C)(C)O)c2c(F)c(F)c(F)cc2c1=O. The number of carbonyl (C=O) groups excluding carboxylic acids is 1. The summed E-state index contributed by atoms with van der Waals surface area (Å²) in [6.07, 6.45) is 0.864. The van der Waals surface area contributed by atoms with Crippen molar-refractivity contribution in [3.05, 3.63) is 45.5 Å². The van der Waals surface area contributed by atoms with Gasteiger partial charge in [-0.15, -0.1) is 0 Å². The molecule has 124 valence electrons. The fourth-order valence-electron chi connectivity index (χ4n) is 2.18. The second kappa shape index (κ2) is 5.69. The lowest BCUT2D eigenvalue weighted by atomic mass is 10.1. The summed E-state index contributed by atoms with van der Waals surface area (Å²) < 4.78 is 46.6. The van der Waals surface area contributed by atoms with Gasteiger partial charge in [-0.25, -0.2) is 18.0 Å². The summed E-state index contributed by atoms with van der Waals surface area (Å²) in [5.41, 5.74) is -3.98. The number of nitrogens with zero attached hydrogens (tertiary/aromatic N) is 1. The van der Waals surface area contributed by atoms with Gasteiger partial charge in [0.05, 0.1) is 17.5 Å². The molecule has 0 saturated carbocycles. The van der Waals surface area contributed by atoms with Crippen LogP contribution in [-0.2, 0) is 10.5 Å². The predicted octanol–water partition coefficient (Wildman–Crippen LogP) is 2.28. The average Bonchev–Trinajstić information content (AvgIpc) is 2.45. The summed E-state index contributed by atoms with van der Waals surface area (Å²) in [6.45, 7) is 3.95. The lowest BCUT2D eigenvalue weighted by Crippen LogP contribution is -2.31. The van der Waals surface area contributed by atoms with Crippen molar-refractivity contribution >= 4 is 16.9 Å². The van der Waals surface area contributed by atoms with Crippen LogP contribution in [0.1, 0.15) is 31.1 Å². The van der Waals surface area contributed by atoms with E-state index in [1.807, 2.05) is 0 Å². The number of hydrogen-bond acceptors (Lipinski definition) is 4. The molecule has 1 N–H and O–H groups in total. The van der Waals surface area contributed by atoms with Crippen molar-refractivity contribution in [2.45, 2.75) is 26.5 Å². The standard InChI is InChI=1S/C15H14F3NO4/c1-4-23-14(21)8-6-19(15(2,3)22)12-7(13(8)20)5-9(16)10(17)11(12)18/h5-6,22H,4H2,1-3H3. The molecule has 0 aliphatic rings. The number of hydrogen-bond donors (Lipinski definition) is 1. The number of ether oxygens (including phenoxy) is 1. The molecule has 0 aliphatic carbocycles. The van der Waals surface area contributed by atoms with Gasteiger partial charge in [0.2, 0.25) is 5.43 Å². The molecule has 8 heteroatoms. The third-order valence-electron chi connectivity index (χ3n) is 3.21. The van der Waals surface area contributed by atoms with E-state index in [-0.39, 0.29) is 6.61 Å². The Morgan fingerprint density at radius 3 is 2.43 bits per heavy atom. The number of aliphatic hydroxyl groups is 1. The van der Waals surface area contributed by atoms with E-state index in [1.54, 1.807) is 0 Å². The van der Waals surface area contributed by atoms with E-state index in [4.69, 9.17) is 4.74 Å². The van der Waals surface area contributed by atoms with Crippen molar-refractivity contribution in [1.82, 2.24) is 4.57 Å². The van der Waals surface area contributed by atoms with Gasteiger partial charge in [0.15, 0.2) is 17.5 Å². The Balaban J connectivity index is 3.01. The zero-order valence-electron chi connectivity index (χ0n) is 12.6. The minimum absolute atomic E-state index is 0.0228. The summed E-state index contributed by atoms with van der Waals surface area (Å²) in [7, 11) is 0. The maximum Gasteiger partial charge on any atom is 0.343 e. The molecule has 0 radical (unpaired) electrons. The van der Waals surface area contributed by atoms with Crippen LogP contribution >= 0.6 is 0 Å². The van der Waals surface area contributed by atoms with Gasteiger partial charge in [-0.2, -0.15) is 0 Å². The van der Waals surface area contributed by atoms with E-state index in [9.17, 15) is 27.9 Å². The summed E-state index contributed by atoms with van der Waals surface area (Å²) in [4.78, 5) is 24.1. The Hall–Kier alpha value is -2.35. The molecule has 1 heterocycles. The molecule has 0 bridgehead atoms. The van der Waals surface area contributed by atoms with Crippen molar-refractivity contribution in [3.63, 3.8) is 0 Å². The lowest BCUT2D eigenvalue weighted by molar-refractivity contribution is 0.00478. The molecular formula is C15H14F3NO4. The monoisotopic (exact) mass is 329 g/mol. The Kier molecular flexibility index (Phi) is 4.21. The maximum atomic E-state index is 14.1. The summed E-state index contributed by atoms with van der Waals surface area (Å²) in [6, 6.07) is 0.487. The third-order valence-corrected chi connectivity index (χ3v) is 3.21. The minimum atomic E-state index is -1.79. The number of fused-ring (bicyclic) bond motifs is 1. The second-order valence-electron chi connectivity index (χ2n) is 5.34. The second-order valence-corrected chi connectivity index (χ2v) is 5.34. The van der Waals surface area contributed by atoms with Gasteiger partial charge in [-0.05, 0) is 26.8 Å². The average molecular weight is 329 g/mol. The van der Waals surface area contributed by atoms with Gasteiger partial charge >= 0.3 is 5.97 Å². The smallest absolute Gasteiger partial charge is 0.343 e. The topological polar surface area (TPSA) is 68.5 Å². The van der Waals surface area contributed by atoms with Gasteiger partial charge < -0.3 is 14.4 Å². The Bertz CT molecular complexity index is 853. The molecule has 2 aromatic rings. The first-order valence-corrected chi connectivity index (χ1v) is 6.72. The summed E-state index contributed by atoms with van der Waals surface area (Å²) in [5.74, 6) is -5.99. The van der Waals surface area contributed by atoms with Gasteiger partial charge in [-0.3, -0.25) is 4.79 Å². The number of carbonyl (C=O) groups is 1. The summed E-state index contributed by atoms with van der Waals surface area (Å²) in [5, 5.41) is 9.55. The van der Waals surface area contributed by atoms with Crippen LogP contribution in [0.15, 0.2) is 17.1 Å². The molecule has 0 amide bonds. The van der Waals surface area contributed by atoms with E-state index < -0.39 is 51.0 Å². The van der Waals surface area contributed by atoms with E-state index in [0.29, 0.717) is 6.07 Å². The van der Waals surface area contributed by atoms with Crippen LogP contribution in [0.4, 0.5) is 13.2 Å². The minimum Gasteiger partial charge on any atom is -0.462 e. The molecule has 23 heavy (non-hydrogen) atoms. The van der Waals surface area contributed by atoms with Crippen LogP contribution < -0.4 is 5.43 Å². The zero-order valence-corrected chi connectivity index (χ0v) is 12.6. The first kappa shape index (κ1) is 17.0. The van der Waals surface area contributed by atoms with Gasteiger partial charge in [0, 0.05) is 6.20 Å². The van der Waals surface area contributed by atoms with Crippen LogP contribution in [-0.4, -0.2) is 22.2 Å². The van der Waals surface area contributed by atoms with Crippen LogP contribution in [0.25, 0.3) is 10.9 Å². The fraction of sp³-hybridized carbons (Fsp3) is 0.333. The van der Waals surface area contributed by atoms with E-state index in [2.05, 4.69) is 0 Å². The fourth-order valence-corrected chi connectivity index (χ4v) is 2.18. The molecule has 0 unspecified atom stereocenters. The first-order valence-electron chi connectivity index (χ1n) is 6.72. The molecule has 0 aliphatic heterocycles. The molecule has 2 rings (SSSR count). The predicted molar refractivity (Wildman–Crippen MR) is 75.6 cm³/mol. The molecule has 0 saturated heterocycles. The van der Waals surface area contributed by atoms with Crippen molar-refractivity contribution in [1.29, 1.82) is 0 Å². The third kappa shape index (κ3) is 2.81.